The molecule has 0 spiro atoms. The highest BCUT2D eigenvalue weighted by molar-refractivity contribution is 7.98. The first-order valence-corrected chi connectivity index (χ1v) is 5.24. The second-order valence-corrected chi connectivity index (χ2v) is 3.86. The number of carboxylic acids is 1. The molecule has 0 saturated carbocycles. The van der Waals surface area contributed by atoms with Gasteiger partial charge >= 0.3 is 5.97 Å². The zero-order valence-electron chi connectivity index (χ0n) is 7.30. The molecule has 1 aromatic carbocycles. The third kappa shape index (κ3) is 2.17. The third-order valence-electron chi connectivity index (χ3n) is 1.63. The van der Waals surface area contributed by atoms with E-state index in [2.05, 4.69) is 0 Å². The van der Waals surface area contributed by atoms with Gasteiger partial charge in [-0.1, -0.05) is 11.6 Å². The first-order chi connectivity index (χ1) is 6.06. The SMILES string of the molecule is CSc1cc(C)cc(C(=O)O)c1Cl. The molecule has 1 aromatic rings. The molecule has 0 radical (unpaired) electrons. The zero-order valence-corrected chi connectivity index (χ0v) is 8.87. The summed E-state index contributed by atoms with van der Waals surface area (Å²) in [4.78, 5) is 11.6. The van der Waals surface area contributed by atoms with E-state index >= 15 is 0 Å². The van der Waals surface area contributed by atoms with Crippen LogP contribution in [0.4, 0.5) is 0 Å². The van der Waals surface area contributed by atoms with Crippen molar-refractivity contribution in [2.24, 2.45) is 0 Å². The van der Waals surface area contributed by atoms with Crippen molar-refractivity contribution in [3.63, 3.8) is 0 Å². The van der Waals surface area contributed by atoms with Gasteiger partial charge in [-0.05, 0) is 30.9 Å². The lowest BCUT2D eigenvalue weighted by Crippen LogP contribution is -1.99. The molecular formula is C9H9ClO2S. The number of hydrogen-bond acceptors (Lipinski definition) is 2. The van der Waals surface area contributed by atoms with Gasteiger partial charge < -0.3 is 5.11 Å². The van der Waals surface area contributed by atoms with E-state index in [-0.39, 0.29) is 5.56 Å². The Bertz CT molecular complexity index is 350. The van der Waals surface area contributed by atoms with E-state index in [0.717, 1.165) is 10.5 Å². The van der Waals surface area contributed by atoms with Gasteiger partial charge in [0, 0.05) is 4.90 Å². The molecule has 13 heavy (non-hydrogen) atoms. The zero-order chi connectivity index (χ0) is 10.0. The fourth-order valence-corrected chi connectivity index (χ4v) is 2.05. The largest absolute Gasteiger partial charge is 0.478 e. The minimum atomic E-state index is -0.982. The van der Waals surface area contributed by atoms with Gasteiger partial charge in [0.2, 0.25) is 0 Å². The molecule has 4 heteroatoms. The second-order valence-electron chi connectivity index (χ2n) is 2.63. The molecule has 0 unspecified atom stereocenters. The molecule has 70 valence electrons. The van der Waals surface area contributed by atoms with Crippen molar-refractivity contribution < 1.29 is 9.90 Å². The maximum atomic E-state index is 10.7. The monoisotopic (exact) mass is 216 g/mol. The smallest absolute Gasteiger partial charge is 0.337 e. The highest BCUT2D eigenvalue weighted by Crippen LogP contribution is 2.29. The summed E-state index contributed by atoms with van der Waals surface area (Å²) in [6, 6.07) is 3.45. The van der Waals surface area contributed by atoms with E-state index in [0.29, 0.717) is 5.02 Å². The van der Waals surface area contributed by atoms with Crippen molar-refractivity contribution in [2.75, 3.05) is 6.26 Å². The van der Waals surface area contributed by atoms with Crippen LogP contribution in [-0.4, -0.2) is 17.3 Å². The summed E-state index contributed by atoms with van der Waals surface area (Å²) in [6.45, 7) is 1.85. The van der Waals surface area contributed by atoms with Gasteiger partial charge in [-0.2, -0.15) is 0 Å². The molecular weight excluding hydrogens is 208 g/mol. The molecule has 1 N–H and O–H groups in total. The van der Waals surface area contributed by atoms with Crippen molar-refractivity contribution >= 4 is 29.3 Å². The van der Waals surface area contributed by atoms with Gasteiger partial charge in [-0.15, -0.1) is 11.8 Å². The summed E-state index contributed by atoms with van der Waals surface area (Å²) in [5.74, 6) is -0.982. The lowest BCUT2D eigenvalue weighted by atomic mass is 10.1. The topological polar surface area (TPSA) is 37.3 Å². The molecule has 0 bridgehead atoms. The number of thioether (sulfide) groups is 1. The summed E-state index contributed by atoms with van der Waals surface area (Å²) < 4.78 is 0. The number of rotatable bonds is 2. The molecule has 0 amide bonds. The fraction of sp³-hybridized carbons (Fsp3) is 0.222. The average molecular weight is 217 g/mol. The molecule has 2 nitrogen and oxygen atoms in total. The van der Waals surface area contributed by atoms with Crippen molar-refractivity contribution in [3.8, 4) is 0 Å². The van der Waals surface area contributed by atoms with Gasteiger partial charge in [0.1, 0.15) is 0 Å². The Kier molecular flexibility index (Phi) is 3.22. The Labute approximate surface area is 85.9 Å². The highest BCUT2D eigenvalue weighted by atomic mass is 35.5. The number of aryl methyl sites for hydroxylation is 1. The Balaban J connectivity index is 3.35. The standard InChI is InChI=1S/C9H9ClO2S/c1-5-3-6(9(11)12)8(10)7(4-5)13-2/h3-4H,1-2H3,(H,11,12). The summed E-state index contributed by atoms with van der Waals surface area (Å²) in [7, 11) is 0. The molecule has 0 aliphatic carbocycles. The lowest BCUT2D eigenvalue weighted by molar-refractivity contribution is 0.0696. The number of halogens is 1. The van der Waals surface area contributed by atoms with Gasteiger partial charge in [-0.3, -0.25) is 0 Å². The van der Waals surface area contributed by atoms with E-state index in [1.54, 1.807) is 6.07 Å². The van der Waals surface area contributed by atoms with Crippen LogP contribution in [0.15, 0.2) is 17.0 Å². The molecule has 0 saturated heterocycles. The minimum Gasteiger partial charge on any atom is -0.478 e. The first kappa shape index (κ1) is 10.4. The van der Waals surface area contributed by atoms with Gasteiger partial charge in [0.25, 0.3) is 0 Å². The van der Waals surface area contributed by atoms with Gasteiger partial charge in [-0.25, -0.2) is 4.79 Å². The Morgan fingerprint density at radius 3 is 2.62 bits per heavy atom. The molecule has 0 aliphatic heterocycles. The maximum absolute atomic E-state index is 10.7. The van der Waals surface area contributed by atoms with Crippen LogP contribution >= 0.6 is 23.4 Å². The van der Waals surface area contributed by atoms with Crippen LogP contribution in [0.3, 0.4) is 0 Å². The van der Waals surface area contributed by atoms with Crippen LogP contribution in [0.25, 0.3) is 0 Å². The van der Waals surface area contributed by atoms with E-state index < -0.39 is 5.97 Å². The predicted octanol–water partition coefficient (Wildman–Crippen LogP) is 3.07. The van der Waals surface area contributed by atoms with Crippen LogP contribution in [-0.2, 0) is 0 Å². The fourth-order valence-electron chi connectivity index (χ4n) is 1.04. The molecule has 0 fully saturated rings. The average Bonchev–Trinajstić information content (AvgIpc) is 2.08. The second kappa shape index (κ2) is 4.03. The van der Waals surface area contributed by atoms with E-state index in [9.17, 15) is 4.79 Å². The maximum Gasteiger partial charge on any atom is 0.337 e. The van der Waals surface area contributed by atoms with Crippen LogP contribution in [0.1, 0.15) is 15.9 Å². The number of carbonyl (C=O) groups is 1. The first-order valence-electron chi connectivity index (χ1n) is 3.63. The molecule has 0 aliphatic rings. The summed E-state index contributed by atoms with van der Waals surface area (Å²) >= 11 is 7.32. The van der Waals surface area contributed by atoms with Gasteiger partial charge in [0.15, 0.2) is 0 Å². The minimum absolute atomic E-state index is 0.172. The van der Waals surface area contributed by atoms with Crippen molar-refractivity contribution in [3.05, 3.63) is 28.3 Å². The molecule has 0 heterocycles. The Morgan fingerprint density at radius 1 is 1.54 bits per heavy atom. The van der Waals surface area contributed by atoms with Crippen LogP contribution in [0, 0.1) is 6.92 Å². The Hall–Kier alpha value is -0.670. The molecule has 1 rings (SSSR count). The number of hydrogen-bond donors (Lipinski definition) is 1. The lowest BCUT2D eigenvalue weighted by Gasteiger charge is -2.05. The summed E-state index contributed by atoms with van der Waals surface area (Å²) in [5, 5.41) is 9.14. The molecule has 0 aromatic heterocycles. The summed E-state index contributed by atoms with van der Waals surface area (Å²) in [5.41, 5.74) is 1.08. The number of benzene rings is 1. The highest BCUT2D eigenvalue weighted by Gasteiger charge is 2.12. The van der Waals surface area contributed by atoms with E-state index in [1.165, 1.54) is 11.8 Å². The summed E-state index contributed by atoms with van der Waals surface area (Å²) in [6.07, 6.45) is 1.87. The predicted molar refractivity (Wildman–Crippen MR) is 54.9 cm³/mol. The van der Waals surface area contributed by atoms with Crippen LogP contribution in [0.5, 0.6) is 0 Å². The third-order valence-corrected chi connectivity index (χ3v) is 2.91. The van der Waals surface area contributed by atoms with Crippen LogP contribution in [0.2, 0.25) is 5.02 Å². The van der Waals surface area contributed by atoms with Crippen LogP contribution < -0.4 is 0 Å². The van der Waals surface area contributed by atoms with E-state index in [1.807, 2.05) is 19.2 Å². The number of carboxylic acid groups (broad SMARTS) is 1. The normalized spacial score (nSPS) is 10.1. The van der Waals surface area contributed by atoms with Crippen molar-refractivity contribution in [2.45, 2.75) is 11.8 Å². The Morgan fingerprint density at radius 2 is 2.15 bits per heavy atom. The molecule has 0 atom stereocenters. The van der Waals surface area contributed by atoms with Gasteiger partial charge in [0.05, 0.1) is 10.6 Å². The number of aromatic carboxylic acids is 1. The van der Waals surface area contributed by atoms with Crippen molar-refractivity contribution in [1.29, 1.82) is 0 Å². The van der Waals surface area contributed by atoms with Crippen molar-refractivity contribution in [1.82, 2.24) is 0 Å². The van der Waals surface area contributed by atoms with E-state index in [4.69, 9.17) is 16.7 Å². The quantitative estimate of drug-likeness (QED) is 0.772.